The summed E-state index contributed by atoms with van der Waals surface area (Å²) in [6.07, 6.45) is 1.59. The van der Waals surface area contributed by atoms with Gasteiger partial charge in [-0.1, -0.05) is 5.16 Å². The highest BCUT2D eigenvalue weighted by molar-refractivity contribution is 4.94. The lowest BCUT2D eigenvalue weighted by Crippen LogP contribution is -2.44. The second-order valence-corrected chi connectivity index (χ2v) is 4.90. The molecule has 1 heterocycles. The molecule has 0 amide bonds. The van der Waals surface area contributed by atoms with Gasteiger partial charge >= 0.3 is 0 Å². The molecule has 1 atom stereocenters. The predicted molar refractivity (Wildman–Crippen MR) is 60.6 cm³/mol. The zero-order valence-corrected chi connectivity index (χ0v) is 10.0. The molecule has 1 aromatic heterocycles. The SMILES string of the molecule is CC(CNC(C)(C)C)NCc1ccon1. The van der Waals surface area contributed by atoms with Crippen LogP contribution in [0.5, 0.6) is 0 Å². The Morgan fingerprint density at radius 2 is 2.20 bits per heavy atom. The van der Waals surface area contributed by atoms with E-state index in [9.17, 15) is 0 Å². The van der Waals surface area contributed by atoms with Gasteiger partial charge in [0.15, 0.2) is 0 Å². The Bertz CT molecular complexity index is 264. The van der Waals surface area contributed by atoms with E-state index in [2.05, 4.69) is 43.5 Å². The minimum absolute atomic E-state index is 0.170. The van der Waals surface area contributed by atoms with E-state index in [1.807, 2.05) is 6.07 Å². The molecule has 0 fully saturated rings. The molecule has 0 saturated carbocycles. The summed E-state index contributed by atoms with van der Waals surface area (Å²) in [5.74, 6) is 0. The minimum Gasteiger partial charge on any atom is -0.364 e. The molecular weight excluding hydrogens is 190 g/mol. The maximum Gasteiger partial charge on any atom is 0.124 e. The molecule has 0 bridgehead atoms. The number of aromatic nitrogens is 1. The topological polar surface area (TPSA) is 50.1 Å². The van der Waals surface area contributed by atoms with Crippen molar-refractivity contribution in [2.45, 2.75) is 45.8 Å². The van der Waals surface area contributed by atoms with Gasteiger partial charge in [-0.15, -0.1) is 0 Å². The molecule has 86 valence electrons. The van der Waals surface area contributed by atoms with Gasteiger partial charge in [0.1, 0.15) is 6.26 Å². The number of nitrogens with zero attached hydrogens (tertiary/aromatic N) is 1. The van der Waals surface area contributed by atoms with E-state index in [1.165, 1.54) is 0 Å². The van der Waals surface area contributed by atoms with Crippen molar-refractivity contribution in [1.29, 1.82) is 0 Å². The summed E-state index contributed by atoms with van der Waals surface area (Å²) in [6.45, 7) is 10.3. The standard InChI is InChI=1S/C11H21N3O/c1-9(7-13-11(2,3)4)12-8-10-5-6-15-14-10/h5-6,9,12-13H,7-8H2,1-4H3. The van der Waals surface area contributed by atoms with Crippen molar-refractivity contribution in [3.8, 4) is 0 Å². The second-order valence-electron chi connectivity index (χ2n) is 4.90. The number of hydrogen-bond donors (Lipinski definition) is 2. The summed E-state index contributed by atoms with van der Waals surface area (Å²) in [5, 5.41) is 10.7. The molecule has 0 aromatic carbocycles. The minimum atomic E-state index is 0.170. The van der Waals surface area contributed by atoms with Crippen LogP contribution >= 0.6 is 0 Å². The smallest absolute Gasteiger partial charge is 0.124 e. The first-order valence-electron chi connectivity index (χ1n) is 5.35. The lowest BCUT2D eigenvalue weighted by molar-refractivity contribution is 0.379. The van der Waals surface area contributed by atoms with Crippen LogP contribution in [0.4, 0.5) is 0 Å². The Kier molecular flexibility index (Phi) is 4.29. The van der Waals surface area contributed by atoms with Crippen LogP contribution in [0, 0.1) is 0 Å². The second kappa shape index (κ2) is 5.28. The first-order chi connectivity index (χ1) is 6.97. The highest BCUT2D eigenvalue weighted by Gasteiger charge is 2.10. The van der Waals surface area contributed by atoms with Crippen LogP contribution in [-0.2, 0) is 6.54 Å². The van der Waals surface area contributed by atoms with E-state index in [1.54, 1.807) is 6.26 Å². The van der Waals surface area contributed by atoms with E-state index in [-0.39, 0.29) is 5.54 Å². The van der Waals surface area contributed by atoms with Crippen LogP contribution in [0.25, 0.3) is 0 Å². The molecule has 15 heavy (non-hydrogen) atoms. The maximum atomic E-state index is 4.76. The fraction of sp³-hybridized carbons (Fsp3) is 0.727. The Labute approximate surface area is 91.4 Å². The van der Waals surface area contributed by atoms with Crippen LogP contribution in [0.15, 0.2) is 16.9 Å². The summed E-state index contributed by atoms with van der Waals surface area (Å²) in [4.78, 5) is 0. The molecule has 0 radical (unpaired) electrons. The maximum absolute atomic E-state index is 4.76. The molecule has 0 aliphatic rings. The van der Waals surface area contributed by atoms with E-state index < -0.39 is 0 Å². The summed E-state index contributed by atoms with van der Waals surface area (Å²) in [6, 6.07) is 2.29. The van der Waals surface area contributed by atoms with Gasteiger partial charge in [-0.25, -0.2) is 0 Å². The number of nitrogens with one attached hydrogen (secondary N) is 2. The average molecular weight is 211 g/mol. The normalized spacial score (nSPS) is 14.1. The molecule has 1 unspecified atom stereocenters. The van der Waals surface area contributed by atoms with Crippen LogP contribution in [-0.4, -0.2) is 23.3 Å². The third-order valence-electron chi connectivity index (χ3n) is 2.06. The molecule has 2 N–H and O–H groups in total. The van der Waals surface area contributed by atoms with E-state index in [0.717, 1.165) is 18.8 Å². The fourth-order valence-electron chi connectivity index (χ4n) is 1.14. The molecular formula is C11H21N3O. The Hall–Kier alpha value is -0.870. The lowest BCUT2D eigenvalue weighted by Gasteiger charge is -2.23. The molecule has 1 aromatic rings. The molecule has 0 aliphatic carbocycles. The van der Waals surface area contributed by atoms with Crippen molar-refractivity contribution in [3.63, 3.8) is 0 Å². The highest BCUT2D eigenvalue weighted by atomic mass is 16.5. The third kappa shape index (κ3) is 5.54. The lowest BCUT2D eigenvalue weighted by atomic mass is 10.1. The zero-order valence-electron chi connectivity index (χ0n) is 10.0. The van der Waals surface area contributed by atoms with Crippen LogP contribution < -0.4 is 10.6 Å². The van der Waals surface area contributed by atoms with Crippen LogP contribution in [0.3, 0.4) is 0 Å². The molecule has 4 heteroatoms. The summed E-state index contributed by atoms with van der Waals surface area (Å²) >= 11 is 0. The first kappa shape index (κ1) is 12.2. The van der Waals surface area contributed by atoms with Crippen LogP contribution in [0.2, 0.25) is 0 Å². The Morgan fingerprint density at radius 3 is 2.73 bits per heavy atom. The van der Waals surface area contributed by atoms with Gasteiger partial charge in [0.25, 0.3) is 0 Å². The number of rotatable bonds is 5. The third-order valence-corrected chi connectivity index (χ3v) is 2.06. The van der Waals surface area contributed by atoms with Crippen molar-refractivity contribution in [1.82, 2.24) is 15.8 Å². The van der Waals surface area contributed by atoms with E-state index >= 15 is 0 Å². The van der Waals surface area contributed by atoms with Crippen molar-refractivity contribution in [2.24, 2.45) is 0 Å². The van der Waals surface area contributed by atoms with Gasteiger partial charge in [-0.05, 0) is 27.7 Å². The molecule has 1 rings (SSSR count). The summed E-state index contributed by atoms with van der Waals surface area (Å²) < 4.78 is 4.76. The van der Waals surface area contributed by atoms with Gasteiger partial charge in [-0.3, -0.25) is 0 Å². The van der Waals surface area contributed by atoms with Gasteiger partial charge in [-0.2, -0.15) is 0 Å². The quantitative estimate of drug-likeness (QED) is 0.775. The van der Waals surface area contributed by atoms with Crippen molar-refractivity contribution < 1.29 is 4.52 Å². The Balaban J connectivity index is 2.16. The van der Waals surface area contributed by atoms with E-state index in [4.69, 9.17) is 4.52 Å². The van der Waals surface area contributed by atoms with Crippen molar-refractivity contribution in [2.75, 3.05) is 6.54 Å². The molecule has 0 saturated heterocycles. The molecule has 4 nitrogen and oxygen atoms in total. The average Bonchev–Trinajstić information content (AvgIpc) is 2.62. The van der Waals surface area contributed by atoms with Crippen molar-refractivity contribution in [3.05, 3.63) is 18.0 Å². The summed E-state index contributed by atoms with van der Waals surface area (Å²) in [5.41, 5.74) is 1.11. The van der Waals surface area contributed by atoms with Gasteiger partial charge in [0.2, 0.25) is 0 Å². The molecule has 0 aliphatic heterocycles. The van der Waals surface area contributed by atoms with Crippen molar-refractivity contribution >= 4 is 0 Å². The number of hydrogen-bond acceptors (Lipinski definition) is 4. The largest absolute Gasteiger partial charge is 0.364 e. The Morgan fingerprint density at radius 1 is 1.47 bits per heavy atom. The predicted octanol–water partition coefficient (Wildman–Crippen LogP) is 1.54. The monoisotopic (exact) mass is 211 g/mol. The zero-order chi connectivity index (χ0) is 11.3. The first-order valence-corrected chi connectivity index (χ1v) is 5.35. The van der Waals surface area contributed by atoms with Gasteiger partial charge in [0.05, 0.1) is 5.69 Å². The van der Waals surface area contributed by atoms with Gasteiger partial charge in [0, 0.05) is 30.7 Å². The van der Waals surface area contributed by atoms with Gasteiger partial charge < -0.3 is 15.2 Å². The van der Waals surface area contributed by atoms with E-state index in [0.29, 0.717) is 6.04 Å². The highest BCUT2D eigenvalue weighted by Crippen LogP contribution is 1.99. The fourth-order valence-corrected chi connectivity index (χ4v) is 1.14. The summed E-state index contributed by atoms with van der Waals surface area (Å²) in [7, 11) is 0. The van der Waals surface area contributed by atoms with Crippen LogP contribution in [0.1, 0.15) is 33.4 Å². The molecule has 0 spiro atoms.